The minimum Gasteiger partial charge on any atom is -0.491 e. The summed E-state index contributed by atoms with van der Waals surface area (Å²) in [6.45, 7) is -0.202. The SMILES string of the molecule is O=C(/C=C/[C@H](Oc1ccccc1)[C@@H](OC(=O)Nc1ccc(Br)cc1)c1ccccc1OCCO)NO. The molecule has 3 aromatic carbocycles. The van der Waals surface area contributed by atoms with Gasteiger partial charge in [0.2, 0.25) is 0 Å². The summed E-state index contributed by atoms with van der Waals surface area (Å²) < 4.78 is 18.4. The van der Waals surface area contributed by atoms with Crippen molar-refractivity contribution in [2.75, 3.05) is 18.5 Å². The Labute approximate surface area is 216 Å². The van der Waals surface area contributed by atoms with Gasteiger partial charge in [-0.1, -0.05) is 52.3 Å². The van der Waals surface area contributed by atoms with Crippen LogP contribution in [0.1, 0.15) is 11.7 Å². The van der Waals surface area contributed by atoms with Gasteiger partial charge in [0, 0.05) is 21.8 Å². The molecule has 188 valence electrons. The topological polar surface area (TPSA) is 126 Å². The highest BCUT2D eigenvalue weighted by Gasteiger charge is 2.30. The molecule has 0 heterocycles. The Kier molecular flexibility index (Phi) is 10.3. The Morgan fingerprint density at radius 3 is 2.36 bits per heavy atom. The fourth-order valence-electron chi connectivity index (χ4n) is 3.18. The molecule has 0 saturated heterocycles. The second-order valence-electron chi connectivity index (χ2n) is 7.30. The molecule has 2 amide bonds. The minimum absolute atomic E-state index is 0.0157. The lowest BCUT2D eigenvalue weighted by Crippen LogP contribution is -2.30. The van der Waals surface area contributed by atoms with E-state index in [2.05, 4.69) is 21.2 Å². The molecule has 0 saturated carbocycles. The van der Waals surface area contributed by atoms with Gasteiger partial charge in [0.05, 0.1) is 6.61 Å². The maximum absolute atomic E-state index is 12.9. The van der Waals surface area contributed by atoms with E-state index in [1.807, 2.05) is 6.07 Å². The number of nitrogens with one attached hydrogen (secondary N) is 2. The number of carbonyl (C=O) groups is 2. The predicted octanol–water partition coefficient (Wildman–Crippen LogP) is 4.62. The van der Waals surface area contributed by atoms with E-state index in [1.165, 1.54) is 11.6 Å². The quantitative estimate of drug-likeness (QED) is 0.154. The van der Waals surface area contributed by atoms with Gasteiger partial charge in [-0.25, -0.2) is 10.3 Å². The molecule has 36 heavy (non-hydrogen) atoms. The first-order chi connectivity index (χ1) is 17.5. The highest BCUT2D eigenvalue weighted by Crippen LogP contribution is 2.33. The van der Waals surface area contributed by atoms with Crippen LogP contribution in [0.4, 0.5) is 10.5 Å². The van der Waals surface area contributed by atoms with Crippen LogP contribution in [0.5, 0.6) is 11.5 Å². The maximum Gasteiger partial charge on any atom is 0.412 e. The van der Waals surface area contributed by atoms with Crippen molar-refractivity contribution in [3.05, 3.63) is 101 Å². The van der Waals surface area contributed by atoms with Gasteiger partial charge in [0.1, 0.15) is 18.1 Å². The first-order valence-electron chi connectivity index (χ1n) is 10.9. The zero-order valence-corrected chi connectivity index (χ0v) is 20.6. The largest absolute Gasteiger partial charge is 0.491 e. The van der Waals surface area contributed by atoms with E-state index < -0.39 is 24.2 Å². The monoisotopic (exact) mass is 556 g/mol. The number of halogens is 1. The van der Waals surface area contributed by atoms with Gasteiger partial charge < -0.3 is 19.3 Å². The number of benzene rings is 3. The molecule has 0 aromatic heterocycles. The van der Waals surface area contributed by atoms with Crippen LogP contribution < -0.4 is 20.3 Å². The zero-order valence-electron chi connectivity index (χ0n) is 19.0. The van der Waals surface area contributed by atoms with Crippen LogP contribution in [-0.2, 0) is 9.53 Å². The molecule has 0 radical (unpaired) electrons. The Balaban J connectivity index is 1.99. The van der Waals surface area contributed by atoms with Gasteiger partial charge in [0.15, 0.2) is 12.2 Å². The number of hydrogen-bond acceptors (Lipinski definition) is 7. The fourth-order valence-corrected chi connectivity index (χ4v) is 3.45. The van der Waals surface area contributed by atoms with Crippen LogP contribution in [0.3, 0.4) is 0 Å². The summed E-state index contributed by atoms with van der Waals surface area (Å²) in [6, 6.07) is 22.5. The summed E-state index contributed by atoms with van der Waals surface area (Å²) >= 11 is 3.35. The molecular weight excluding hydrogens is 532 g/mol. The number of rotatable bonds is 11. The van der Waals surface area contributed by atoms with E-state index in [0.717, 1.165) is 10.5 Å². The molecule has 10 heteroatoms. The van der Waals surface area contributed by atoms with Crippen molar-refractivity contribution >= 4 is 33.6 Å². The molecular formula is C26H25BrN2O7. The lowest BCUT2D eigenvalue weighted by atomic mass is 10.0. The third kappa shape index (κ3) is 8.12. The van der Waals surface area contributed by atoms with Gasteiger partial charge in [0.25, 0.3) is 5.91 Å². The maximum atomic E-state index is 12.9. The summed E-state index contributed by atoms with van der Waals surface area (Å²) in [6.07, 6.45) is -0.467. The van der Waals surface area contributed by atoms with Crippen LogP contribution in [0.15, 0.2) is 95.5 Å². The zero-order chi connectivity index (χ0) is 25.8. The normalized spacial score (nSPS) is 12.4. The molecule has 2 atom stereocenters. The third-order valence-corrected chi connectivity index (χ3v) is 5.29. The van der Waals surface area contributed by atoms with E-state index in [-0.39, 0.29) is 13.2 Å². The molecule has 0 unspecified atom stereocenters. The summed E-state index contributed by atoms with van der Waals surface area (Å²) in [4.78, 5) is 24.7. The average molecular weight is 557 g/mol. The molecule has 3 rings (SSSR count). The summed E-state index contributed by atoms with van der Waals surface area (Å²) in [5.41, 5.74) is 2.46. The number of anilines is 1. The van der Waals surface area contributed by atoms with Gasteiger partial charge in [-0.3, -0.25) is 15.3 Å². The van der Waals surface area contributed by atoms with Crippen LogP contribution in [0.25, 0.3) is 0 Å². The van der Waals surface area contributed by atoms with E-state index >= 15 is 0 Å². The second kappa shape index (κ2) is 13.9. The van der Waals surface area contributed by atoms with E-state index in [4.69, 9.17) is 19.4 Å². The molecule has 0 aliphatic carbocycles. The standard InChI is InChI=1S/C26H25BrN2O7/c27-18-10-12-19(13-11-18)28-26(32)36-25(21-8-4-5-9-22(21)34-17-16-30)23(14-15-24(31)29-33)35-20-6-2-1-3-7-20/h1-15,23,25,30,33H,16-17H2,(H,28,32)(H,29,31)/b15-14+/t23-,25-/m0/s1. The van der Waals surface area contributed by atoms with E-state index in [9.17, 15) is 14.7 Å². The molecule has 0 aliphatic rings. The molecule has 4 N–H and O–H groups in total. The fraction of sp³-hybridized carbons (Fsp3) is 0.154. The van der Waals surface area contributed by atoms with Crippen molar-refractivity contribution in [1.82, 2.24) is 5.48 Å². The van der Waals surface area contributed by atoms with Crippen molar-refractivity contribution in [2.24, 2.45) is 0 Å². The van der Waals surface area contributed by atoms with Crippen molar-refractivity contribution in [1.29, 1.82) is 0 Å². The molecule has 0 aliphatic heterocycles. The van der Waals surface area contributed by atoms with Crippen molar-refractivity contribution in [3.8, 4) is 11.5 Å². The van der Waals surface area contributed by atoms with Gasteiger partial charge in [-0.2, -0.15) is 0 Å². The Bertz CT molecular complexity index is 1160. The number of amides is 2. The number of aliphatic hydroxyl groups excluding tert-OH is 1. The Morgan fingerprint density at radius 1 is 0.972 bits per heavy atom. The molecule has 9 nitrogen and oxygen atoms in total. The third-order valence-electron chi connectivity index (χ3n) is 4.76. The lowest BCUT2D eigenvalue weighted by molar-refractivity contribution is -0.124. The smallest absolute Gasteiger partial charge is 0.412 e. The summed E-state index contributed by atoms with van der Waals surface area (Å²) in [7, 11) is 0. The lowest BCUT2D eigenvalue weighted by Gasteiger charge is -2.27. The first kappa shape index (κ1) is 26.7. The van der Waals surface area contributed by atoms with Crippen molar-refractivity contribution in [3.63, 3.8) is 0 Å². The Hall–Kier alpha value is -3.86. The van der Waals surface area contributed by atoms with Gasteiger partial charge >= 0.3 is 6.09 Å². The molecule has 3 aromatic rings. The predicted molar refractivity (Wildman–Crippen MR) is 136 cm³/mol. The van der Waals surface area contributed by atoms with Crippen molar-refractivity contribution < 1.29 is 34.1 Å². The van der Waals surface area contributed by atoms with E-state index in [0.29, 0.717) is 22.7 Å². The van der Waals surface area contributed by atoms with Gasteiger partial charge in [-0.15, -0.1) is 0 Å². The van der Waals surface area contributed by atoms with Crippen LogP contribution in [0, 0.1) is 0 Å². The average Bonchev–Trinajstić information content (AvgIpc) is 2.90. The summed E-state index contributed by atoms with van der Waals surface area (Å²) in [5, 5.41) is 20.8. The molecule has 0 spiro atoms. The minimum atomic E-state index is -1.10. The second-order valence-corrected chi connectivity index (χ2v) is 8.21. The number of hydroxylamine groups is 1. The number of ether oxygens (including phenoxy) is 3. The first-order valence-corrected chi connectivity index (χ1v) is 11.7. The van der Waals surface area contributed by atoms with Crippen molar-refractivity contribution in [2.45, 2.75) is 12.2 Å². The number of hydrogen-bond donors (Lipinski definition) is 4. The van der Waals surface area contributed by atoms with Gasteiger partial charge in [-0.05, 0) is 48.5 Å². The van der Waals surface area contributed by atoms with E-state index in [1.54, 1.807) is 72.8 Å². The number of aliphatic hydroxyl groups is 1. The Morgan fingerprint density at radius 2 is 1.67 bits per heavy atom. The highest BCUT2D eigenvalue weighted by molar-refractivity contribution is 9.10. The van der Waals surface area contributed by atoms with Crippen LogP contribution >= 0.6 is 15.9 Å². The van der Waals surface area contributed by atoms with Crippen LogP contribution in [0.2, 0.25) is 0 Å². The summed E-state index contributed by atoms with van der Waals surface area (Å²) in [5.74, 6) is 0.0152. The molecule has 0 bridgehead atoms. The number of para-hydroxylation sites is 2. The molecule has 0 fully saturated rings. The highest BCUT2D eigenvalue weighted by atomic mass is 79.9. The van der Waals surface area contributed by atoms with Crippen LogP contribution in [-0.4, -0.2) is 41.6 Å². The number of carbonyl (C=O) groups excluding carboxylic acids is 2.